The average Bonchev–Trinajstić information content (AvgIpc) is 2.17. The van der Waals surface area contributed by atoms with Gasteiger partial charge in [-0.2, -0.15) is 0 Å². The minimum Gasteiger partial charge on any atom is -0.398 e. The lowest BCUT2D eigenvalue weighted by Crippen LogP contribution is -2.27. The molecule has 0 aliphatic rings. The number of hydrogen-bond acceptors (Lipinski definition) is 3. The highest BCUT2D eigenvalue weighted by Gasteiger charge is 2.01. The highest BCUT2D eigenvalue weighted by Crippen LogP contribution is 1.88. The van der Waals surface area contributed by atoms with Crippen LogP contribution >= 0.6 is 0 Å². The molecule has 1 amide bonds. The second-order valence-electron chi connectivity index (χ2n) is 1.87. The van der Waals surface area contributed by atoms with Crippen molar-refractivity contribution in [1.29, 1.82) is 0 Å². The van der Waals surface area contributed by atoms with Gasteiger partial charge in [-0.3, -0.25) is 9.69 Å². The Kier molecular flexibility index (Phi) is 11.7. The van der Waals surface area contributed by atoms with Gasteiger partial charge in [0.25, 0.3) is 0 Å². The molecule has 76 valence electrons. The zero-order chi connectivity index (χ0) is 10.7. The van der Waals surface area contributed by atoms with Crippen LogP contribution in [0.2, 0.25) is 0 Å². The Labute approximate surface area is 79.9 Å². The zero-order valence-electron chi connectivity index (χ0n) is 8.78. The van der Waals surface area contributed by atoms with Crippen LogP contribution in [0.1, 0.15) is 20.8 Å². The van der Waals surface area contributed by atoms with E-state index in [0.29, 0.717) is 18.8 Å². The standard InChI is InChI=1S/C7H12N2O2.C2H6/c1-4-5-9(6-10)7(2)8-11-3;1-2/h4,6H,1,5H2,2-3H3;1-2H3/b8-7-;. The van der Waals surface area contributed by atoms with Gasteiger partial charge in [-0.05, 0) is 6.92 Å². The summed E-state index contributed by atoms with van der Waals surface area (Å²) in [5, 5.41) is 3.58. The largest absolute Gasteiger partial charge is 0.398 e. The molecule has 0 aromatic carbocycles. The molecule has 0 radical (unpaired) electrons. The van der Waals surface area contributed by atoms with Gasteiger partial charge in [0.05, 0.1) is 0 Å². The molecule has 0 atom stereocenters. The van der Waals surface area contributed by atoms with Gasteiger partial charge in [0, 0.05) is 6.54 Å². The van der Waals surface area contributed by atoms with Crippen LogP contribution in [0.5, 0.6) is 0 Å². The molecule has 4 heteroatoms. The Balaban J connectivity index is 0. The lowest BCUT2D eigenvalue weighted by molar-refractivity contribution is -0.114. The summed E-state index contributed by atoms with van der Waals surface area (Å²) in [4.78, 5) is 16.2. The van der Waals surface area contributed by atoms with E-state index in [-0.39, 0.29) is 0 Å². The second-order valence-corrected chi connectivity index (χ2v) is 1.87. The van der Waals surface area contributed by atoms with Crippen molar-refractivity contribution in [3.63, 3.8) is 0 Å². The highest BCUT2D eigenvalue weighted by atomic mass is 16.6. The van der Waals surface area contributed by atoms with Crippen molar-refractivity contribution in [3.8, 4) is 0 Å². The first kappa shape index (κ1) is 14.2. The first-order valence-electron chi connectivity index (χ1n) is 4.16. The molecule has 13 heavy (non-hydrogen) atoms. The maximum atomic E-state index is 10.4. The van der Waals surface area contributed by atoms with Gasteiger partial charge < -0.3 is 4.84 Å². The van der Waals surface area contributed by atoms with Crippen LogP contribution in [-0.4, -0.2) is 30.8 Å². The Morgan fingerprint density at radius 2 is 2.15 bits per heavy atom. The summed E-state index contributed by atoms with van der Waals surface area (Å²) in [6.07, 6.45) is 2.29. The molecule has 0 saturated heterocycles. The highest BCUT2D eigenvalue weighted by molar-refractivity contribution is 5.88. The van der Waals surface area contributed by atoms with Crippen LogP contribution in [-0.2, 0) is 9.63 Å². The van der Waals surface area contributed by atoms with Gasteiger partial charge in [-0.15, -0.1) is 6.58 Å². The van der Waals surface area contributed by atoms with Gasteiger partial charge in [0.15, 0.2) is 0 Å². The minimum atomic E-state index is 0.447. The van der Waals surface area contributed by atoms with Crippen LogP contribution in [0.15, 0.2) is 17.8 Å². The second kappa shape index (κ2) is 10.7. The van der Waals surface area contributed by atoms with Gasteiger partial charge in [0.2, 0.25) is 6.41 Å². The molecule has 4 nitrogen and oxygen atoms in total. The summed E-state index contributed by atoms with van der Waals surface area (Å²) < 4.78 is 0. The van der Waals surface area contributed by atoms with E-state index in [9.17, 15) is 4.79 Å². The van der Waals surface area contributed by atoms with Crippen LogP contribution < -0.4 is 0 Å². The van der Waals surface area contributed by atoms with Crippen LogP contribution in [0.4, 0.5) is 0 Å². The molecular formula is C9H18N2O2. The first-order valence-corrected chi connectivity index (χ1v) is 4.16. The molecule has 0 rings (SSSR count). The van der Waals surface area contributed by atoms with E-state index < -0.39 is 0 Å². The molecule has 0 fully saturated rings. The molecule has 0 aromatic heterocycles. The monoisotopic (exact) mass is 186 g/mol. The molecule has 0 bridgehead atoms. The van der Waals surface area contributed by atoms with Crippen LogP contribution in [0.3, 0.4) is 0 Å². The minimum absolute atomic E-state index is 0.447. The Bertz CT molecular complexity index is 167. The van der Waals surface area contributed by atoms with Crippen molar-refractivity contribution in [1.82, 2.24) is 4.90 Å². The fraction of sp³-hybridized carbons (Fsp3) is 0.556. The quantitative estimate of drug-likeness (QED) is 0.220. The third-order valence-corrected chi connectivity index (χ3v) is 1.09. The topological polar surface area (TPSA) is 41.9 Å². The van der Waals surface area contributed by atoms with Gasteiger partial charge >= 0.3 is 0 Å². The Morgan fingerprint density at radius 1 is 1.62 bits per heavy atom. The SMILES string of the molecule is C=CCN(C=O)/C(C)=N\OC.CC. The van der Waals surface area contributed by atoms with Gasteiger partial charge in [0.1, 0.15) is 12.9 Å². The van der Waals surface area contributed by atoms with Crippen molar-refractivity contribution in [2.24, 2.45) is 5.16 Å². The molecule has 0 spiro atoms. The molecule has 0 unspecified atom stereocenters. The van der Waals surface area contributed by atoms with E-state index in [1.807, 2.05) is 13.8 Å². The first-order chi connectivity index (χ1) is 6.26. The van der Waals surface area contributed by atoms with Crippen LogP contribution in [0.25, 0.3) is 0 Å². The number of carbonyl (C=O) groups excluding carboxylic acids is 1. The van der Waals surface area contributed by atoms with Crippen molar-refractivity contribution >= 4 is 12.2 Å². The summed E-state index contributed by atoms with van der Waals surface area (Å²) >= 11 is 0. The number of hydrogen-bond donors (Lipinski definition) is 0. The van der Waals surface area contributed by atoms with Crippen molar-refractivity contribution in [3.05, 3.63) is 12.7 Å². The third-order valence-electron chi connectivity index (χ3n) is 1.09. The summed E-state index contributed by atoms with van der Waals surface area (Å²) in [5.41, 5.74) is 0. The van der Waals surface area contributed by atoms with E-state index in [1.54, 1.807) is 13.0 Å². The summed E-state index contributed by atoms with van der Waals surface area (Å²) in [6, 6.07) is 0. The maximum absolute atomic E-state index is 10.4. The molecule has 0 aromatic rings. The predicted octanol–water partition coefficient (Wildman–Crippen LogP) is 1.64. The third kappa shape index (κ3) is 7.05. The fourth-order valence-electron chi connectivity index (χ4n) is 0.575. The number of amidine groups is 1. The van der Waals surface area contributed by atoms with Crippen molar-refractivity contribution in [2.75, 3.05) is 13.7 Å². The van der Waals surface area contributed by atoms with Crippen molar-refractivity contribution in [2.45, 2.75) is 20.8 Å². The van der Waals surface area contributed by atoms with Crippen LogP contribution in [0, 0.1) is 0 Å². The molecule has 0 aliphatic carbocycles. The molecule has 0 aliphatic heterocycles. The zero-order valence-corrected chi connectivity index (χ0v) is 8.78. The molecule has 0 saturated carbocycles. The average molecular weight is 186 g/mol. The smallest absolute Gasteiger partial charge is 0.215 e. The van der Waals surface area contributed by atoms with E-state index >= 15 is 0 Å². The van der Waals surface area contributed by atoms with E-state index in [2.05, 4.69) is 16.6 Å². The number of nitrogens with zero attached hydrogens (tertiary/aromatic N) is 2. The predicted molar refractivity (Wildman–Crippen MR) is 54.4 cm³/mol. The maximum Gasteiger partial charge on any atom is 0.215 e. The number of oxime groups is 1. The van der Waals surface area contributed by atoms with Gasteiger partial charge in [-0.25, -0.2) is 0 Å². The molecule has 0 heterocycles. The van der Waals surface area contributed by atoms with E-state index in [4.69, 9.17) is 0 Å². The molecular weight excluding hydrogens is 168 g/mol. The lowest BCUT2D eigenvalue weighted by atomic mass is 10.5. The fourth-order valence-corrected chi connectivity index (χ4v) is 0.575. The number of amides is 1. The normalized spacial score (nSPS) is 9.38. The number of rotatable bonds is 4. The summed E-state index contributed by atoms with van der Waals surface area (Å²) in [7, 11) is 1.43. The Morgan fingerprint density at radius 3 is 2.46 bits per heavy atom. The van der Waals surface area contributed by atoms with E-state index in [1.165, 1.54) is 12.0 Å². The molecule has 0 N–H and O–H groups in total. The lowest BCUT2D eigenvalue weighted by Gasteiger charge is -2.12. The van der Waals surface area contributed by atoms with Gasteiger partial charge in [-0.1, -0.05) is 25.1 Å². The summed E-state index contributed by atoms with van der Waals surface area (Å²) in [6.45, 7) is 9.62. The summed E-state index contributed by atoms with van der Waals surface area (Å²) in [5.74, 6) is 0.516. The van der Waals surface area contributed by atoms with E-state index in [0.717, 1.165) is 0 Å². The number of carbonyl (C=O) groups is 1. The van der Waals surface area contributed by atoms with Crippen molar-refractivity contribution < 1.29 is 9.63 Å². The Hall–Kier alpha value is -1.32.